The monoisotopic (exact) mass is 544 g/mol. The zero-order valence-corrected chi connectivity index (χ0v) is 25.0. The number of ether oxygens (including phenoxy) is 2. The van der Waals surface area contributed by atoms with Gasteiger partial charge in [-0.15, -0.1) is 0 Å². The van der Waals surface area contributed by atoms with Crippen LogP contribution in [0.4, 0.5) is 0 Å². The lowest BCUT2D eigenvalue weighted by Gasteiger charge is -2.43. The van der Waals surface area contributed by atoms with Gasteiger partial charge in [-0.25, -0.2) is 0 Å². The summed E-state index contributed by atoms with van der Waals surface area (Å²) in [5.74, 6) is 0.863. The molecule has 0 bridgehead atoms. The number of aliphatic hydroxyl groups is 1. The molecular weight excluding hydrogens is 496 g/mol. The van der Waals surface area contributed by atoms with E-state index in [4.69, 9.17) is 13.9 Å². The van der Waals surface area contributed by atoms with Gasteiger partial charge >= 0.3 is 0 Å². The Morgan fingerprint density at radius 1 is 1.18 bits per heavy atom. The van der Waals surface area contributed by atoms with Gasteiger partial charge in [0, 0.05) is 28.7 Å². The lowest BCUT2D eigenvalue weighted by molar-refractivity contribution is -0.298. The number of aliphatic hydroxyl groups excluding tert-OH is 1. The van der Waals surface area contributed by atoms with E-state index in [9.17, 15) is 5.11 Å². The third-order valence-corrected chi connectivity index (χ3v) is 13.9. The number of unbranched alkanes of at least 4 members (excludes halogenated alkanes) is 2. The second-order valence-corrected chi connectivity index (χ2v) is 18.9. The van der Waals surface area contributed by atoms with Crippen LogP contribution in [-0.2, 0) is 13.9 Å². The summed E-state index contributed by atoms with van der Waals surface area (Å²) in [5, 5.41) is 11.0. The third kappa shape index (κ3) is 6.54. The molecule has 1 heterocycles. The summed E-state index contributed by atoms with van der Waals surface area (Å²) < 4.78 is 20.7. The van der Waals surface area contributed by atoms with Crippen molar-refractivity contribution in [2.24, 2.45) is 23.2 Å². The zero-order chi connectivity index (χ0) is 24.7. The number of hydrogen-bond acceptors (Lipinski definition) is 4. The van der Waals surface area contributed by atoms with Crippen LogP contribution >= 0.6 is 15.9 Å². The fraction of sp³-hybridized carbons (Fsp3) is 0.926. The van der Waals surface area contributed by atoms with E-state index in [1.807, 2.05) is 0 Å². The lowest BCUT2D eigenvalue weighted by Crippen LogP contribution is -2.47. The molecule has 1 spiro atoms. The van der Waals surface area contributed by atoms with E-state index in [0.29, 0.717) is 11.8 Å². The number of rotatable bonds is 8. The van der Waals surface area contributed by atoms with Gasteiger partial charge in [-0.05, 0) is 42.8 Å². The molecule has 2 saturated carbocycles. The van der Waals surface area contributed by atoms with Gasteiger partial charge in [-0.3, -0.25) is 0 Å². The summed E-state index contributed by atoms with van der Waals surface area (Å²) in [6.07, 6.45) is 9.22. The van der Waals surface area contributed by atoms with Crippen molar-refractivity contribution in [1.82, 2.24) is 0 Å². The van der Waals surface area contributed by atoms with Crippen LogP contribution in [0.1, 0.15) is 86.5 Å². The molecule has 5 atom stereocenters. The van der Waals surface area contributed by atoms with Crippen LogP contribution in [0.15, 0.2) is 10.6 Å². The molecule has 0 unspecified atom stereocenters. The molecular formula is C27H49BrO4Si. The molecule has 3 aliphatic rings. The average molecular weight is 546 g/mol. The fourth-order valence-electron chi connectivity index (χ4n) is 5.51. The molecule has 1 N–H and O–H groups in total. The second-order valence-electron chi connectivity index (χ2n) is 13.3. The van der Waals surface area contributed by atoms with E-state index < -0.39 is 20.2 Å². The van der Waals surface area contributed by atoms with E-state index in [-0.39, 0.29) is 22.5 Å². The highest BCUT2D eigenvalue weighted by Gasteiger charge is 2.58. The molecule has 33 heavy (non-hydrogen) atoms. The minimum Gasteiger partial charge on any atom is -0.413 e. The largest absolute Gasteiger partial charge is 0.413 e. The van der Waals surface area contributed by atoms with Crippen molar-refractivity contribution in [3.8, 4) is 0 Å². The first-order valence-electron chi connectivity index (χ1n) is 13.2. The van der Waals surface area contributed by atoms with Gasteiger partial charge in [0.2, 0.25) is 0 Å². The zero-order valence-electron chi connectivity index (χ0n) is 22.4. The lowest BCUT2D eigenvalue weighted by atomic mass is 9.89. The maximum Gasteiger partial charge on any atom is 0.192 e. The smallest absolute Gasteiger partial charge is 0.192 e. The van der Waals surface area contributed by atoms with E-state index in [1.165, 1.54) is 6.42 Å². The number of hydrogen-bond donors (Lipinski definition) is 1. The first-order chi connectivity index (χ1) is 15.2. The Balaban J connectivity index is 1.79. The Hall–Kier alpha value is 0.277. The number of fused-ring (bicyclic) bond motifs is 1. The first-order valence-corrected chi connectivity index (χ1v) is 16.9. The summed E-state index contributed by atoms with van der Waals surface area (Å²) in [6, 6.07) is 0. The standard InChI is InChI=1S/C27H49BrO4Si/c1-9-10-11-12-23(29)22(28)14-20-21-16-27(30-17-26(5,6)18-31-27)15-19(21)13-24(20)32-33(7,8)25(2,3)4/h14,19-21,23-24,29H,9-13,15-18H2,1-8H3/t19-,20-,21+,23+,24-/m1/s1. The second kappa shape index (κ2) is 10.3. The Labute approximate surface area is 212 Å². The highest BCUT2D eigenvalue weighted by Crippen LogP contribution is 2.57. The molecule has 0 aromatic rings. The first kappa shape index (κ1) is 27.9. The molecule has 3 fully saturated rings. The van der Waals surface area contributed by atoms with Gasteiger partial charge in [0.25, 0.3) is 0 Å². The summed E-state index contributed by atoms with van der Waals surface area (Å²) in [7, 11) is -1.90. The van der Waals surface area contributed by atoms with Gasteiger partial charge < -0.3 is 19.0 Å². The fourth-order valence-corrected chi connectivity index (χ4v) is 7.40. The molecule has 6 heteroatoms. The summed E-state index contributed by atoms with van der Waals surface area (Å²) in [6.45, 7) is 19.8. The average Bonchev–Trinajstić information content (AvgIpc) is 3.18. The minimum atomic E-state index is -1.90. The van der Waals surface area contributed by atoms with Crippen molar-refractivity contribution in [2.45, 2.75) is 123 Å². The van der Waals surface area contributed by atoms with Crippen molar-refractivity contribution in [1.29, 1.82) is 0 Å². The minimum absolute atomic E-state index is 0.0852. The van der Waals surface area contributed by atoms with Gasteiger partial charge in [-0.1, -0.05) is 82.8 Å². The number of halogens is 1. The Kier molecular flexibility index (Phi) is 8.72. The maximum atomic E-state index is 10.8. The van der Waals surface area contributed by atoms with Gasteiger partial charge in [-0.2, -0.15) is 0 Å². The van der Waals surface area contributed by atoms with Crippen LogP contribution in [0.25, 0.3) is 0 Å². The molecule has 3 rings (SSSR count). The van der Waals surface area contributed by atoms with Crippen molar-refractivity contribution in [2.75, 3.05) is 13.2 Å². The summed E-state index contributed by atoms with van der Waals surface area (Å²) in [4.78, 5) is 0. The van der Waals surface area contributed by atoms with E-state index in [2.05, 4.69) is 76.6 Å². The normalized spacial score (nSPS) is 32.8. The Morgan fingerprint density at radius 2 is 1.82 bits per heavy atom. The van der Waals surface area contributed by atoms with Crippen LogP contribution in [0, 0.1) is 23.2 Å². The van der Waals surface area contributed by atoms with Crippen LogP contribution in [-0.4, -0.2) is 44.6 Å². The molecule has 0 aromatic carbocycles. The molecule has 1 saturated heterocycles. The SMILES string of the molecule is CCCCC[C@H](O)C(Br)=C[C@@H]1[C@H]2CC3(C[C@H]2C[C@H]1O[Si](C)(C)C(C)(C)C)OCC(C)(C)CO3. The van der Waals surface area contributed by atoms with Crippen molar-refractivity contribution in [3.63, 3.8) is 0 Å². The summed E-state index contributed by atoms with van der Waals surface area (Å²) >= 11 is 3.76. The van der Waals surface area contributed by atoms with Crippen LogP contribution in [0.3, 0.4) is 0 Å². The molecule has 0 aromatic heterocycles. The van der Waals surface area contributed by atoms with E-state index in [0.717, 1.165) is 56.2 Å². The highest BCUT2D eigenvalue weighted by molar-refractivity contribution is 9.11. The van der Waals surface area contributed by atoms with Crippen molar-refractivity contribution in [3.05, 3.63) is 10.6 Å². The van der Waals surface area contributed by atoms with E-state index >= 15 is 0 Å². The maximum absolute atomic E-state index is 10.8. The topological polar surface area (TPSA) is 47.9 Å². The molecule has 4 nitrogen and oxygen atoms in total. The molecule has 1 aliphatic heterocycles. The molecule has 0 radical (unpaired) electrons. The van der Waals surface area contributed by atoms with Crippen LogP contribution in [0.5, 0.6) is 0 Å². The Morgan fingerprint density at radius 3 is 2.39 bits per heavy atom. The molecule has 192 valence electrons. The van der Waals surface area contributed by atoms with Crippen LogP contribution < -0.4 is 0 Å². The summed E-state index contributed by atoms with van der Waals surface area (Å²) in [5.41, 5.74) is 0.0852. The molecule has 2 aliphatic carbocycles. The highest BCUT2D eigenvalue weighted by atomic mass is 79.9. The quantitative estimate of drug-likeness (QED) is 0.255. The van der Waals surface area contributed by atoms with Gasteiger partial charge in [0.15, 0.2) is 14.1 Å². The van der Waals surface area contributed by atoms with Gasteiger partial charge in [0.1, 0.15) is 0 Å². The van der Waals surface area contributed by atoms with Crippen molar-refractivity contribution >= 4 is 24.2 Å². The third-order valence-electron chi connectivity index (χ3n) is 8.64. The predicted octanol–water partition coefficient (Wildman–Crippen LogP) is 7.41. The predicted molar refractivity (Wildman–Crippen MR) is 142 cm³/mol. The van der Waals surface area contributed by atoms with Crippen molar-refractivity contribution < 1.29 is 19.0 Å². The van der Waals surface area contributed by atoms with E-state index in [1.54, 1.807) is 0 Å². The Bertz CT molecular complexity index is 689. The molecule has 0 amide bonds. The van der Waals surface area contributed by atoms with Gasteiger partial charge in [0.05, 0.1) is 25.4 Å². The van der Waals surface area contributed by atoms with Crippen LogP contribution in [0.2, 0.25) is 18.1 Å².